The van der Waals surface area contributed by atoms with E-state index in [0.717, 1.165) is 56.5 Å². The van der Waals surface area contributed by atoms with Crippen LogP contribution in [0.15, 0.2) is 211 Å². The van der Waals surface area contributed by atoms with Crippen molar-refractivity contribution in [2.24, 2.45) is 0 Å². The maximum absolute atomic E-state index is 6.72. The molecule has 0 aliphatic heterocycles. The fourth-order valence-corrected chi connectivity index (χ4v) is 8.17. The highest BCUT2D eigenvalue weighted by molar-refractivity contribution is 6.14. The first-order valence-electron chi connectivity index (χ1n) is 18.7. The van der Waals surface area contributed by atoms with E-state index in [1.165, 1.54) is 38.6 Å². The summed E-state index contributed by atoms with van der Waals surface area (Å²) in [5.74, 6) is 0.265. The third-order valence-electron chi connectivity index (χ3n) is 10.8. The molecule has 0 amide bonds. The Labute approximate surface area is 315 Å². The van der Waals surface area contributed by atoms with Crippen LogP contribution in [0.5, 0.6) is 0 Å². The number of para-hydroxylation sites is 3. The van der Waals surface area contributed by atoms with Crippen molar-refractivity contribution in [1.29, 1.82) is 0 Å². The minimum absolute atomic E-state index is 0.265. The van der Waals surface area contributed by atoms with Crippen LogP contribution in [-0.4, -0.2) is 0 Å². The summed E-state index contributed by atoms with van der Waals surface area (Å²) in [7, 11) is 0. The average Bonchev–Trinajstić information content (AvgIpc) is 3.62. The smallest absolute Gasteiger partial charge is 0.143 e. The predicted octanol–water partition coefficient (Wildman–Crippen LogP) is 14.5. The minimum atomic E-state index is 0.265. The maximum Gasteiger partial charge on any atom is 0.143 e. The first-order valence-corrected chi connectivity index (χ1v) is 18.7. The lowest BCUT2D eigenvalue weighted by Gasteiger charge is -2.28. The summed E-state index contributed by atoms with van der Waals surface area (Å²) in [4.78, 5) is 2.37. The second-order valence-electron chi connectivity index (χ2n) is 14.0. The number of hydrogen-bond donors (Lipinski definition) is 0. The number of benzene rings is 8. The van der Waals surface area contributed by atoms with Gasteiger partial charge in [-0.1, -0.05) is 164 Å². The van der Waals surface area contributed by atoms with Gasteiger partial charge in [-0.05, 0) is 87.5 Å². The summed E-state index contributed by atoms with van der Waals surface area (Å²) in [6.07, 6.45) is 5.83. The Morgan fingerprint density at radius 3 is 1.80 bits per heavy atom. The van der Waals surface area contributed by atoms with E-state index in [2.05, 4.69) is 211 Å². The molecule has 1 heterocycles. The standard InChI is InChI=1S/C52H37NO/c1-4-15-37(16-5-1)44-32-29-41(33-48(44)38-17-6-2-7-18-38)36-27-30-43(31-28-36)53(42-21-8-3-9-22-42)50-26-13-12-23-45(50)46-24-14-25-47-49-34-39-19-10-11-20-40(39)35-51(49)54-52(46)47/h1-28,30-35,41H,29H2. The number of fused-ring (bicyclic) bond motifs is 4. The molecule has 2 heteroatoms. The highest BCUT2D eigenvalue weighted by Crippen LogP contribution is 2.46. The topological polar surface area (TPSA) is 16.4 Å². The summed E-state index contributed by atoms with van der Waals surface area (Å²) in [5.41, 5.74) is 13.7. The molecule has 10 rings (SSSR count). The third-order valence-corrected chi connectivity index (χ3v) is 10.8. The largest absolute Gasteiger partial charge is 0.455 e. The zero-order valence-electron chi connectivity index (χ0n) is 29.8. The van der Waals surface area contributed by atoms with Crippen molar-refractivity contribution < 1.29 is 4.42 Å². The van der Waals surface area contributed by atoms with Gasteiger partial charge in [-0.25, -0.2) is 0 Å². The van der Waals surface area contributed by atoms with Gasteiger partial charge in [-0.15, -0.1) is 0 Å². The molecule has 1 atom stereocenters. The Morgan fingerprint density at radius 2 is 1.06 bits per heavy atom. The summed E-state index contributed by atoms with van der Waals surface area (Å²) in [6.45, 7) is 0. The van der Waals surface area contributed by atoms with E-state index >= 15 is 0 Å². The van der Waals surface area contributed by atoms with Crippen molar-refractivity contribution in [3.63, 3.8) is 0 Å². The fraction of sp³-hybridized carbons (Fsp3) is 0.0385. The lowest BCUT2D eigenvalue weighted by molar-refractivity contribution is 0.670. The van der Waals surface area contributed by atoms with Gasteiger partial charge in [0.15, 0.2) is 0 Å². The molecular formula is C52H37NO. The molecule has 1 aliphatic rings. The highest BCUT2D eigenvalue weighted by Gasteiger charge is 2.23. The molecular weight excluding hydrogens is 655 g/mol. The van der Waals surface area contributed by atoms with E-state index in [-0.39, 0.29) is 5.92 Å². The zero-order chi connectivity index (χ0) is 35.8. The quantitative estimate of drug-likeness (QED) is 0.165. The molecule has 54 heavy (non-hydrogen) atoms. The van der Waals surface area contributed by atoms with Crippen LogP contribution >= 0.6 is 0 Å². The summed E-state index contributed by atoms with van der Waals surface area (Å²) < 4.78 is 6.72. The molecule has 0 saturated heterocycles. The number of rotatable bonds is 7. The van der Waals surface area contributed by atoms with E-state index in [1.54, 1.807) is 0 Å². The monoisotopic (exact) mass is 691 g/mol. The second kappa shape index (κ2) is 13.6. The molecule has 256 valence electrons. The lowest BCUT2D eigenvalue weighted by Crippen LogP contribution is -2.11. The molecule has 0 spiro atoms. The Balaban J connectivity index is 1.06. The van der Waals surface area contributed by atoms with Crippen LogP contribution in [0.3, 0.4) is 0 Å². The van der Waals surface area contributed by atoms with Crippen LogP contribution in [-0.2, 0) is 0 Å². The molecule has 0 N–H and O–H groups in total. The summed E-state index contributed by atoms with van der Waals surface area (Å²) in [5, 5.41) is 4.65. The minimum Gasteiger partial charge on any atom is -0.455 e. The zero-order valence-corrected chi connectivity index (χ0v) is 29.8. The first-order chi connectivity index (χ1) is 26.8. The summed E-state index contributed by atoms with van der Waals surface area (Å²) >= 11 is 0. The van der Waals surface area contributed by atoms with Crippen molar-refractivity contribution in [3.05, 3.63) is 223 Å². The van der Waals surface area contributed by atoms with E-state index in [9.17, 15) is 0 Å². The van der Waals surface area contributed by atoms with E-state index in [0.29, 0.717) is 0 Å². The van der Waals surface area contributed by atoms with Gasteiger partial charge in [0.25, 0.3) is 0 Å². The average molecular weight is 692 g/mol. The number of nitrogens with zero attached hydrogens (tertiary/aromatic N) is 1. The van der Waals surface area contributed by atoms with Crippen molar-refractivity contribution >= 4 is 60.9 Å². The van der Waals surface area contributed by atoms with Gasteiger partial charge in [0.1, 0.15) is 11.2 Å². The van der Waals surface area contributed by atoms with E-state index < -0.39 is 0 Å². The SMILES string of the molecule is C1=C(c2ccccc2)C(c2ccccc2)=CC(c2ccc(N(c3ccccc3)c3ccccc3-c3cccc4c3oc3cc5ccccc5cc34)cc2)C1. The van der Waals surface area contributed by atoms with Crippen LogP contribution in [0, 0.1) is 0 Å². The van der Waals surface area contributed by atoms with Gasteiger partial charge in [0, 0.05) is 39.2 Å². The number of hydrogen-bond acceptors (Lipinski definition) is 2. The van der Waals surface area contributed by atoms with Crippen LogP contribution in [0.4, 0.5) is 17.1 Å². The number of furan rings is 1. The maximum atomic E-state index is 6.72. The third kappa shape index (κ3) is 5.70. The molecule has 8 aromatic carbocycles. The normalized spacial score (nSPS) is 14.3. The van der Waals surface area contributed by atoms with Crippen LogP contribution in [0.2, 0.25) is 0 Å². The molecule has 0 radical (unpaired) electrons. The van der Waals surface area contributed by atoms with Gasteiger partial charge in [0.05, 0.1) is 5.69 Å². The van der Waals surface area contributed by atoms with Gasteiger partial charge in [-0.2, -0.15) is 0 Å². The van der Waals surface area contributed by atoms with Crippen molar-refractivity contribution in [3.8, 4) is 11.1 Å². The van der Waals surface area contributed by atoms with Crippen LogP contribution in [0.25, 0.3) is 55.0 Å². The molecule has 1 aliphatic carbocycles. The number of allylic oxidation sites excluding steroid dienone is 4. The molecule has 2 nitrogen and oxygen atoms in total. The predicted molar refractivity (Wildman–Crippen MR) is 228 cm³/mol. The molecule has 9 aromatic rings. The number of anilines is 3. The van der Waals surface area contributed by atoms with Crippen molar-refractivity contribution in [2.75, 3.05) is 4.90 Å². The van der Waals surface area contributed by atoms with E-state index in [1.807, 2.05) is 0 Å². The highest BCUT2D eigenvalue weighted by atomic mass is 16.3. The van der Waals surface area contributed by atoms with Crippen LogP contribution in [0.1, 0.15) is 29.0 Å². The molecule has 0 saturated carbocycles. The van der Waals surface area contributed by atoms with Crippen molar-refractivity contribution in [1.82, 2.24) is 0 Å². The lowest BCUT2D eigenvalue weighted by atomic mass is 9.81. The molecule has 1 unspecified atom stereocenters. The summed E-state index contributed by atoms with van der Waals surface area (Å²) in [6, 6.07) is 69.5. The Hall–Kier alpha value is -6.90. The Bertz CT molecular complexity index is 2830. The van der Waals surface area contributed by atoms with E-state index in [4.69, 9.17) is 4.42 Å². The van der Waals surface area contributed by atoms with Crippen molar-refractivity contribution in [2.45, 2.75) is 12.3 Å². The molecule has 1 aromatic heterocycles. The molecule has 0 fully saturated rings. The Kier molecular flexibility index (Phi) is 8.00. The Morgan fingerprint density at radius 1 is 0.463 bits per heavy atom. The van der Waals surface area contributed by atoms with Gasteiger partial charge in [0.2, 0.25) is 0 Å². The second-order valence-corrected chi connectivity index (χ2v) is 14.0. The molecule has 0 bridgehead atoms. The van der Waals surface area contributed by atoms with Crippen LogP contribution < -0.4 is 4.90 Å². The van der Waals surface area contributed by atoms with Gasteiger partial charge in [-0.3, -0.25) is 0 Å². The first kappa shape index (κ1) is 31.8. The van der Waals surface area contributed by atoms with Gasteiger partial charge < -0.3 is 9.32 Å². The fourth-order valence-electron chi connectivity index (χ4n) is 8.17. The van der Waals surface area contributed by atoms with Gasteiger partial charge >= 0.3 is 0 Å².